The first-order chi connectivity index (χ1) is 6.83. The minimum absolute atomic E-state index is 0.809. The van der Waals surface area contributed by atoms with Gasteiger partial charge in [0, 0.05) is 6.04 Å². The molecule has 0 amide bonds. The first-order valence-corrected chi connectivity index (χ1v) is 6.50. The van der Waals surface area contributed by atoms with E-state index in [2.05, 4.69) is 26.2 Å². The maximum atomic E-state index is 3.57. The molecule has 1 nitrogen and oxygen atoms in total. The topological polar surface area (TPSA) is 12.0 Å². The number of nitrogens with one attached hydrogen (secondary N) is 1. The Morgan fingerprint density at radius 3 is 2.00 bits per heavy atom. The van der Waals surface area contributed by atoms with Crippen molar-refractivity contribution < 1.29 is 0 Å². The van der Waals surface area contributed by atoms with Crippen LogP contribution in [0.5, 0.6) is 0 Å². The fourth-order valence-electron chi connectivity index (χ4n) is 2.90. The Bertz CT molecular complexity index is 134. The van der Waals surface area contributed by atoms with Gasteiger partial charge in [-0.2, -0.15) is 0 Å². The van der Waals surface area contributed by atoms with Gasteiger partial charge in [-0.15, -0.1) is 0 Å². The molecule has 0 radical (unpaired) electrons. The van der Waals surface area contributed by atoms with E-state index in [1.807, 2.05) is 0 Å². The zero-order valence-electron chi connectivity index (χ0n) is 10.2. The molecule has 1 N–H and O–H groups in total. The van der Waals surface area contributed by atoms with Crippen molar-refractivity contribution in [2.45, 2.75) is 64.8 Å². The van der Waals surface area contributed by atoms with Gasteiger partial charge in [-0.05, 0) is 44.6 Å². The lowest BCUT2D eigenvalue weighted by Gasteiger charge is -2.38. The highest BCUT2D eigenvalue weighted by Crippen LogP contribution is 2.35. The third kappa shape index (κ3) is 2.98. The molecule has 1 aliphatic rings. The minimum Gasteiger partial charge on any atom is -0.316 e. The maximum absolute atomic E-state index is 3.57. The highest BCUT2D eigenvalue weighted by atomic mass is 14.9. The second-order valence-corrected chi connectivity index (χ2v) is 4.84. The molecular weight excluding hydrogens is 170 g/mol. The molecule has 14 heavy (non-hydrogen) atoms. The van der Waals surface area contributed by atoms with E-state index in [1.165, 1.54) is 44.9 Å². The molecule has 1 atom stereocenters. The van der Waals surface area contributed by atoms with E-state index >= 15 is 0 Å². The Kier molecular flexibility index (Phi) is 5.54. The summed E-state index contributed by atoms with van der Waals surface area (Å²) in [5.41, 5.74) is 0. The Morgan fingerprint density at radius 2 is 1.71 bits per heavy atom. The third-order valence-corrected chi connectivity index (χ3v) is 3.82. The molecule has 0 aliphatic heterocycles. The quantitative estimate of drug-likeness (QED) is 0.657. The van der Waals surface area contributed by atoms with Crippen LogP contribution >= 0.6 is 0 Å². The highest BCUT2D eigenvalue weighted by Gasteiger charge is 2.30. The third-order valence-electron chi connectivity index (χ3n) is 3.82. The fourth-order valence-corrected chi connectivity index (χ4v) is 2.90. The van der Waals surface area contributed by atoms with E-state index in [4.69, 9.17) is 0 Å². The number of hydrogen-bond donors (Lipinski definition) is 1. The lowest BCUT2D eigenvalue weighted by molar-refractivity contribution is 0.167. The molecule has 0 bridgehead atoms. The molecule has 0 spiro atoms. The van der Waals surface area contributed by atoms with E-state index < -0.39 is 0 Å². The second kappa shape index (κ2) is 6.44. The molecule has 1 aliphatic carbocycles. The van der Waals surface area contributed by atoms with Crippen LogP contribution in [-0.2, 0) is 0 Å². The summed E-state index contributed by atoms with van der Waals surface area (Å²) in [6.45, 7) is 4.63. The summed E-state index contributed by atoms with van der Waals surface area (Å²) in [6.07, 6.45) is 9.91. The van der Waals surface area contributed by atoms with Crippen LogP contribution in [-0.4, -0.2) is 13.1 Å². The summed E-state index contributed by atoms with van der Waals surface area (Å²) >= 11 is 0. The predicted octanol–water partition coefficient (Wildman–Crippen LogP) is 3.59. The van der Waals surface area contributed by atoms with Crippen LogP contribution in [0.3, 0.4) is 0 Å². The highest BCUT2D eigenvalue weighted by molar-refractivity contribution is 4.86. The molecule has 0 aromatic rings. The summed E-state index contributed by atoms with van der Waals surface area (Å²) in [5.74, 6) is 1.92. The minimum atomic E-state index is 0.809. The Labute approximate surface area is 89.7 Å². The van der Waals surface area contributed by atoms with Crippen molar-refractivity contribution in [1.29, 1.82) is 0 Å². The van der Waals surface area contributed by atoms with Crippen LogP contribution in [0.15, 0.2) is 0 Å². The van der Waals surface area contributed by atoms with Crippen molar-refractivity contribution in [2.75, 3.05) is 7.05 Å². The van der Waals surface area contributed by atoms with Crippen molar-refractivity contribution >= 4 is 0 Å². The predicted molar refractivity (Wildman–Crippen MR) is 63.5 cm³/mol. The molecule has 1 fully saturated rings. The molecule has 1 rings (SSSR count). The largest absolute Gasteiger partial charge is 0.316 e. The zero-order valence-corrected chi connectivity index (χ0v) is 10.2. The van der Waals surface area contributed by atoms with Crippen molar-refractivity contribution in [3.05, 3.63) is 0 Å². The van der Waals surface area contributed by atoms with Crippen molar-refractivity contribution in [1.82, 2.24) is 5.32 Å². The standard InChI is InChI=1S/C13H27N/c1-4-7-11(8-5-2)13(14-3)12-9-6-10-12/h11-14H,4-10H2,1-3H3. The maximum Gasteiger partial charge on any atom is 0.0121 e. The smallest absolute Gasteiger partial charge is 0.0121 e. The lowest BCUT2D eigenvalue weighted by atomic mass is 9.73. The normalized spacial score (nSPS) is 19.7. The van der Waals surface area contributed by atoms with Crippen LogP contribution < -0.4 is 5.32 Å². The molecule has 0 heterocycles. The molecule has 0 aromatic carbocycles. The first-order valence-electron chi connectivity index (χ1n) is 6.50. The van der Waals surface area contributed by atoms with Gasteiger partial charge in [0.1, 0.15) is 0 Å². The fraction of sp³-hybridized carbons (Fsp3) is 1.00. The average Bonchev–Trinajstić information content (AvgIpc) is 2.10. The molecule has 0 saturated heterocycles. The van der Waals surface area contributed by atoms with Gasteiger partial charge in [-0.3, -0.25) is 0 Å². The van der Waals surface area contributed by atoms with Gasteiger partial charge in [0.25, 0.3) is 0 Å². The van der Waals surface area contributed by atoms with Gasteiger partial charge in [0.2, 0.25) is 0 Å². The SMILES string of the molecule is CCCC(CCC)C(NC)C1CCC1. The Balaban J connectivity index is 2.43. The molecule has 0 aromatic heterocycles. The number of hydrogen-bond acceptors (Lipinski definition) is 1. The monoisotopic (exact) mass is 197 g/mol. The summed E-state index contributed by atoms with van der Waals surface area (Å²) in [6, 6.07) is 0.809. The van der Waals surface area contributed by atoms with Gasteiger partial charge >= 0.3 is 0 Å². The summed E-state index contributed by atoms with van der Waals surface area (Å²) in [5, 5.41) is 3.57. The van der Waals surface area contributed by atoms with Crippen LogP contribution in [0.1, 0.15) is 58.8 Å². The van der Waals surface area contributed by atoms with E-state index in [0.29, 0.717) is 0 Å². The van der Waals surface area contributed by atoms with Crippen LogP contribution in [0, 0.1) is 11.8 Å². The first kappa shape index (κ1) is 12.0. The molecule has 1 saturated carbocycles. The van der Waals surface area contributed by atoms with Crippen molar-refractivity contribution in [3.63, 3.8) is 0 Å². The van der Waals surface area contributed by atoms with E-state index in [9.17, 15) is 0 Å². The van der Waals surface area contributed by atoms with E-state index in [0.717, 1.165) is 17.9 Å². The van der Waals surface area contributed by atoms with Gasteiger partial charge in [0.15, 0.2) is 0 Å². The molecule has 1 heteroatoms. The van der Waals surface area contributed by atoms with Crippen LogP contribution in [0.2, 0.25) is 0 Å². The lowest BCUT2D eigenvalue weighted by Crippen LogP contribution is -2.43. The Hall–Kier alpha value is -0.0400. The zero-order chi connectivity index (χ0) is 10.4. The van der Waals surface area contributed by atoms with Crippen molar-refractivity contribution in [3.8, 4) is 0 Å². The second-order valence-electron chi connectivity index (χ2n) is 4.84. The Morgan fingerprint density at radius 1 is 1.14 bits per heavy atom. The molecule has 84 valence electrons. The van der Waals surface area contributed by atoms with Crippen LogP contribution in [0.4, 0.5) is 0 Å². The summed E-state index contributed by atoms with van der Waals surface area (Å²) < 4.78 is 0. The van der Waals surface area contributed by atoms with Crippen LogP contribution in [0.25, 0.3) is 0 Å². The van der Waals surface area contributed by atoms with Gasteiger partial charge in [-0.1, -0.05) is 33.1 Å². The van der Waals surface area contributed by atoms with Gasteiger partial charge < -0.3 is 5.32 Å². The molecule has 1 unspecified atom stereocenters. The summed E-state index contributed by atoms with van der Waals surface area (Å²) in [7, 11) is 2.15. The van der Waals surface area contributed by atoms with Gasteiger partial charge in [0.05, 0.1) is 0 Å². The van der Waals surface area contributed by atoms with Gasteiger partial charge in [-0.25, -0.2) is 0 Å². The van der Waals surface area contributed by atoms with Crippen molar-refractivity contribution in [2.24, 2.45) is 11.8 Å². The number of rotatable bonds is 7. The van der Waals surface area contributed by atoms with E-state index in [-0.39, 0.29) is 0 Å². The molecular formula is C13H27N. The summed E-state index contributed by atoms with van der Waals surface area (Å²) in [4.78, 5) is 0. The van der Waals surface area contributed by atoms with E-state index in [1.54, 1.807) is 0 Å². The average molecular weight is 197 g/mol.